The topological polar surface area (TPSA) is 70.4 Å². The number of para-hydroxylation sites is 1. The van der Waals surface area contributed by atoms with Gasteiger partial charge in [-0.25, -0.2) is 23.1 Å². The Bertz CT molecular complexity index is 1160. The summed E-state index contributed by atoms with van der Waals surface area (Å²) in [6.45, 7) is 0. The van der Waals surface area contributed by atoms with E-state index in [-0.39, 0.29) is 17.8 Å². The average Bonchev–Trinajstić information content (AvgIpc) is 3.12. The molecule has 0 saturated carbocycles. The number of carbonyl (C=O) groups is 2. The van der Waals surface area contributed by atoms with Gasteiger partial charge in [-0.2, -0.15) is 18.3 Å². The molecule has 0 saturated heterocycles. The quantitative estimate of drug-likeness (QED) is 0.444. The molecule has 3 rings (SSSR count). The number of rotatable bonds is 4. The van der Waals surface area contributed by atoms with Crippen LogP contribution in [0.4, 0.5) is 22.0 Å². The highest BCUT2D eigenvalue weighted by atomic mass is 19.4. The molecule has 1 heterocycles. The highest BCUT2D eigenvalue weighted by Gasteiger charge is 2.37. The van der Waals surface area contributed by atoms with Crippen molar-refractivity contribution >= 4 is 11.9 Å². The summed E-state index contributed by atoms with van der Waals surface area (Å²) < 4.78 is 78.0. The number of carbonyl (C=O) groups excluding carboxylic acids is 2. The fraction of sp³-hybridized carbons (Fsp3) is 0.150. The summed E-state index contributed by atoms with van der Waals surface area (Å²) in [6.07, 6.45) is -5.15. The summed E-state index contributed by atoms with van der Waals surface area (Å²) in [7, 11) is 1.96. The minimum atomic E-state index is -5.15. The molecule has 162 valence electrons. The Labute approximate surface area is 171 Å². The van der Waals surface area contributed by atoms with Gasteiger partial charge in [-0.05, 0) is 18.2 Å². The second-order valence-corrected chi connectivity index (χ2v) is 6.11. The maximum atomic E-state index is 14.6. The highest BCUT2D eigenvalue weighted by Crippen LogP contribution is 2.37. The number of aromatic nitrogens is 2. The molecule has 2 aromatic carbocycles. The van der Waals surface area contributed by atoms with Crippen LogP contribution in [0.3, 0.4) is 0 Å². The Balaban J connectivity index is 2.43. The van der Waals surface area contributed by atoms with Crippen LogP contribution in [0.15, 0.2) is 42.5 Å². The van der Waals surface area contributed by atoms with Crippen LogP contribution in [0.5, 0.6) is 0 Å². The molecule has 0 spiro atoms. The lowest BCUT2D eigenvalue weighted by atomic mass is 10.0. The van der Waals surface area contributed by atoms with E-state index in [1.54, 1.807) is 18.2 Å². The third kappa shape index (κ3) is 3.98. The van der Waals surface area contributed by atoms with Crippen LogP contribution in [0.2, 0.25) is 0 Å². The van der Waals surface area contributed by atoms with Gasteiger partial charge < -0.3 is 9.47 Å². The number of benzene rings is 2. The van der Waals surface area contributed by atoms with Crippen LogP contribution in [-0.2, 0) is 15.7 Å². The summed E-state index contributed by atoms with van der Waals surface area (Å²) in [6, 6.07) is 7.93. The van der Waals surface area contributed by atoms with E-state index in [4.69, 9.17) is 0 Å². The fourth-order valence-corrected chi connectivity index (χ4v) is 2.89. The normalized spacial score (nSPS) is 11.3. The highest BCUT2D eigenvalue weighted by molar-refractivity contribution is 6.06. The lowest BCUT2D eigenvalue weighted by Gasteiger charge is -2.11. The fourth-order valence-electron chi connectivity index (χ4n) is 2.89. The summed E-state index contributed by atoms with van der Waals surface area (Å²) in [5.74, 6) is -5.54. The van der Waals surface area contributed by atoms with Crippen LogP contribution in [0.25, 0.3) is 16.9 Å². The lowest BCUT2D eigenvalue weighted by molar-refractivity contribution is -0.140. The van der Waals surface area contributed by atoms with Crippen molar-refractivity contribution < 1.29 is 41.0 Å². The molecule has 0 aliphatic carbocycles. The predicted octanol–water partition coefficient (Wildman–Crippen LogP) is 4.41. The predicted molar refractivity (Wildman–Crippen MR) is 96.6 cm³/mol. The van der Waals surface area contributed by atoms with Crippen molar-refractivity contribution in [2.75, 3.05) is 14.2 Å². The largest absolute Gasteiger partial charge is 0.465 e. The monoisotopic (exact) mass is 440 g/mol. The Morgan fingerprint density at radius 2 is 1.55 bits per heavy atom. The smallest absolute Gasteiger partial charge is 0.419 e. The molecule has 0 amide bonds. The van der Waals surface area contributed by atoms with Crippen molar-refractivity contribution in [3.63, 3.8) is 0 Å². The second kappa shape index (κ2) is 8.17. The number of hydrogen-bond acceptors (Lipinski definition) is 5. The summed E-state index contributed by atoms with van der Waals surface area (Å²) in [4.78, 5) is 24.9. The second-order valence-electron chi connectivity index (χ2n) is 6.11. The number of methoxy groups -OCH3 is 2. The lowest BCUT2D eigenvalue weighted by Crippen LogP contribution is -2.15. The van der Waals surface area contributed by atoms with Gasteiger partial charge in [0.15, 0.2) is 5.69 Å². The standard InChI is InChI=1S/C20H13F5N2O4/c1-30-18(28)15-16(11-8-12(20(23,24)25)14(22)9-13(11)21)26-27(17(15)19(29)31-2)10-6-4-3-5-7-10/h3-9H,1-2H3. The minimum absolute atomic E-state index is 0.0264. The molecule has 11 heteroatoms. The Kier molecular flexibility index (Phi) is 5.78. The molecule has 1 aromatic heterocycles. The van der Waals surface area contributed by atoms with Crippen LogP contribution >= 0.6 is 0 Å². The van der Waals surface area contributed by atoms with Gasteiger partial charge in [0.25, 0.3) is 0 Å². The van der Waals surface area contributed by atoms with Crippen molar-refractivity contribution in [1.82, 2.24) is 9.78 Å². The zero-order valence-corrected chi connectivity index (χ0v) is 16.0. The van der Waals surface area contributed by atoms with Crippen LogP contribution in [-0.4, -0.2) is 35.9 Å². The van der Waals surface area contributed by atoms with E-state index in [2.05, 4.69) is 14.6 Å². The molecule has 0 bridgehead atoms. The van der Waals surface area contributed by atoms with E-state index in [0.29, 0.717) is 0 Å². The zero-order valence-electron chi connectivity index (χ0n) is 16.0. The molecule has 0 aliphatic heterocycles. The van der Waals surface area contributed by atoms with Gasteiger partial charge in [0.1, 0.15) is 22.9 Å². The van der Waals surface area contributed by atoms with E-state index in [1.165, 1.54) is 12.1 Å². The molecule has 0 fully saturated rings. The number of ether oxygens (including phenoxy) is 2. The van der Waals surface area contributed by atoms with Gasteiger partial charge >= 0.3 is 18.1 Å². The average molecular weight is 440 g/mol. The van der Waals surface area contributed by atoms with Gasteiger partial charge in [0.2, 0.25) is 0 Å². The summed E-state index contributed by atoms with van der Waals surface area (Å²) in [5.41, 5.74) is -4.20. The first-order chi connectivity index (χ1) is 14.6. The molecule has 3 aromatic rings. The Morgan fingerprint density at radius 3 is 2.10 bits per heavy atom. The third-order valence-electron chi connectivity index (χ3n) is 4.27. The zero-order chi connectivity index (χ0) is 22.9. The SMILES string of the molecule is COC(=O)c1c(-c2cc(C(F)(F)F)c(F)cc2F)nn(-c2ccccc2)c1C(=O)OC. The molecule has 31 heavy (non-hydrogen) atoms. The molecule has 0 unspecified atom stereocenters. The maximum absolute atomic E-state index is 14.6. The van der Waals surface area contributed by atoms with E-state index in [9.17, 15) is 31.5 Å². The third-order valence-corrected chi connectivity index (χ3v) is 4.27. The van der Waals surface area contributed by atoms with Crippen LogP contribution in [0, 0.1) is 11.6 Å². The number of halogens is 5. The minimum Gasteiger partial charge on any atom is -0.465 e. The maximum Gasteiger partial charge on any atom is 0.419 e. The van der Waals surface area contributed by atoms with E-state index < -0.39 is 57.8 Å². The summed E-state index contributed by atoms with van der Waals surface area (Å²) >= 11 is 0. The van der Waals surface area contributed by atoms with Crippen molar-refractivity contribution in [2.45, 2.75) is 6.18 Å². The number of alkyl halides is 3. The van der Waals surface area contributed by atoms with Crippen molar-refractivity contribution in [3.8, 4) is 16.9 Å². The number of nitrogens with zero attached hydrogens (tertiary/aromatic N) is 2. The number of hydrogen-bond donors (Lipinski definition) is 0. The van der Waals surface area contributed by atoms with Crippen LogP contribution in [0.1, 0.15) is 26.4 Å². The molecule has 0 aliphatic rings. The first-order valence-electron chi connectivity index (χ1n) is 8.51. The first-order valence-corrected chi connectivity index (χ1v) is 8.51. The van der Waals surface area contributed by atoms with Gasteiger partial charge in [0.05, 0.1) is 25.5 Å². The van der Waals surface area contributed by atoms with Crippen molar-refractivity contribution in [2.24, 2.45) is 0 Å². The van der Waals surface area contributed by atoms with E-state index in [1.807, 2.05) is 0 Å². The van der Waals surface area contributed by atoms with Crippen molar-refractivity contribution in [1.29, 1.82) is 0 Å². The Morgan fingerprint density at radius 1 is 0.935 bits per heavy atom. The molecule has 0 N–H and O–H groups in total. The van der Waals surface area contributed by atoms with Crippen molar-refractivity contribution in [3.05, 3.63) is 70.9 Å². The Hall–Kier alpha value is -3.76. The van der Waals surface area contributed by atoms with Gasteiger partial charge in [-0.15, -0.1) is 0 Å². The first kappa shape index (κ1) is 21.9. The van der Waals surface area contributed by atoms with Gasteiger partial charge in [0, 0.05) is 11.6 Å². The molecular formula is C20H13F5N2O4. The molecule has 0 radical (unpaired) electrons. The van der Waals surface area contributed by atoms with E-state index in [0.717, 1.165) is 18.9 Å². The van der Waals surface area contributed by atoms with Gasteiger partial charge in [-0.3, -0.25) is 0 Å². The van der Waals surface area contributed by atoms with E-state index >= 15 is 0 Å². The number of esters is 2. The summed E-state index contributed by atoms with van der Waals surface area (Å²) in [5, 5.41) is 3.99. The molecule has 0 atom stereocenters. The van der Waals surface area contributed by atoms with Crippen LogP contribution < -0.4 is 0 Å². The molecule has 6 nitrogen and oxygen atoms in total. The van der Waals surface area contributed by atoms with Gasteiger partial charge in [-0.1, -0.05) is 18.2 Å². The molecular weight excluding hydrogens is 427 g/mol.